The summed E-state index contributed by atoms with van der Waals surface area (Å²) in [6.45, 7) is 4.27. The van der Waals surface area contributed by atoms with Crippen molar-refractivity contribution in [3.63, 3.8) is 0 Å². The van der Waals surface area contributed by atoms with E-state index >= 15 is 0 Å². The minimum absolute atomic E-state index is 0.202. The van der Waals surface area contributed by atoms with Crippen molar-refractivity contribution in [2.24, 2.45) is 5.92 Å². The summed E-state index contributed by atoms with van der Waals surface area (Å²) >= 11 is 1.89. The molecule has 0 heterocycles. The third kappa shape index (κ3) is 5.61. The third-order valence-corrected chi connectivity index (χ3v) is 4.97. The number of amides is 2. The molecule has 0 spiro atoms. The largest absolute Gasteiger partial charge is 0.481 e. The number of hydrogen-bond acceptors (Lipinski definition) is 3. The highest BCUT2D eigenvalue weighted by Gasteiger charge is 2.28. The summed E-state index contributed by atoms with van der Waals surface area (Å²) < 4.78 is 0. The Morgan fingerprint density at radius 2 is 2.10 bits per heavy atom. The second-order valence-electron chi connectivity index (χ2n) is 5.21. The number of nitrogens with one attached hydrogen (secondary N) is 2. The first-order chi connectivity index (χ1) is 9.58. The maximum atomic E-state index is 11.9. The van der Waals surface area contributed by atoms with Gasteiger partial charge in [0.2, 0.25) is 0 Å². The van der Waals surface area contributed by atoms with Crippen molar-refractivity contribution in [2.75, 3.05) is 12.3 Å². The van der Waals surface area contributed by atoms with Crippen molar-refractivity contribution in [3.8, 4) is 0 Å². The predicted octanol–water partition coefficient (Wildman–Crippen LogP) is 2.46. The molecule has 0 aromatic carbocycles. The first kappa shape index (κ1) is 17.1. The summed E-state index contributed by atoms with van der Waals surface area (Å²) in [5.74, 6) is -0.273. The van der Waals surface area contributed by atoms with E-state index in [1.54, 1.807) is 0 Å². The van der Waals surface area contributed by atoms with Crippen LogP contribution in [0.4, 0.5) is 4.79 Å². The van der Waals surface area contributed by atoms with E-state index in [1.807, 2.05) is 18.7 Å². The summed E-state index contributed by atoms with van der Waals surface area (Å²) in [6, 6.07) is -0.0182. The number of hydrogen-bond donors (Lipinski definition) is 3. The zero-order valence-corrected chi connectivity index (χ0v) is 13.2. The van der Waals surface area contributed by atoms with E-state index in [0.29, 0.717) is 11.7 Å². The van der Waals surface area contributed by atoms with Crippen LogP contribution in [-0.2, 0) is 4.79 Å². The molecule has 1 saturated carbocycles. The van der Waals surface area contributed by atoms with Crippen LogP contribution in [0.5, 0.6) is 0 Å². The number of rotatable bonds is 8. The van der Waals surface area contributed by atoms with Gasteiger partial charge in [0.15, 0.2) is 0 Å². The lowest BCUT2D eigenvalue weighted by atomic mass is 10.0. The standard InChI is InChI=1S/C14H26N2O3S/c1-3-6-10(13(17)18)9-15-14(19)16-11-7-5-8-12(11)20-4-2/h10-12H,3-9H2,1-2H3,(H,17,18)(H2,15,16,19). The van der Waals surface area contributed by atoms with E-state index in [-0.39, 0.29) is 18.6 Å². The number of aliphatic carboxylic acids is 1. The fourth-order valence-corrected chi connectivity index (χ4v) is 3.80. The summed E-state index contributed by atoms with van der Waals surface area (Å²) in [7, 11) is 0. The molecule has 20 heavy (non-hydrogen) atoms. The maximum absolute atomic E-state index is 11.9. The van der Waals surface area contributed by atoms with Crippen LogP contribution in [0.2, 0.25) is 0 Å². The minimum atomic E-state index is -0.840. The molecule has 3 unspecified atom stereocenters. The van der Waals surface area contributed by atoms with Crippen molar-refractivity contribution in [2.45, 2.75) is 57.2 Å². The molecule has 3 N–H and O–H groups in total. The zero-order chi connectivity index (χ0) is 15.0. The van der Waals surface area contributed by atoms with Crippen molar-refractivity contribution < 1.29 is 14.7 Å². The lowest BCUT2D eigenvalue weighted by molar-refractivity contribution is -0.141. The van der Waals surface area contributed by atoms with E-state index in [1.165, 1.54) is 0 Å². The van der Waals surface area contributed by atoms with E-state index in [0.717, 1.165) is 31.4 Å². The summed E-state index contributed by atoms with van der Waals surface area (Å²) in [4.78, 5) is 22.9. The first-order valence-corrected chi connectivity index (χ1v) is 8.52. The average molecular weight is 302 g/mol. The number of carboxylic acids is 1. The lowest BCUT2D eigenvalue weighted by Crippen LogP contribution is -2.46. The highest BCUT2D eigenvalue weighted by atomic mass is 32.2. The van der Waals surface area contributed by atoms with Crippen LogP contribution in [-0.4, -0.2) is 40.7 Å². The van der Waals surface area contributed by atoms with Gasteiger partial charge in [0, 0.05) is 17.8 Å². The molecule has 2 amide bonds. The quantitative estimate of drug-likeness (QED) is 0.643. The Labute approximate surface area is 125 Å². The number of thioether (sulfide) groups is 1. The molecule has 0 aromatic heterocycles. The molecule has 0 radical (unpaired) electrons. The van der Waals surface area contributed by atoms with Gasteiger partial charge in [0.05, 0.1) is 5.92 Å². The fraction of sp³-hybridized carbons (Fsp3) is 0.857. The lowest BCUT2D eigenvalue weighted by Gasteiger charge is -2.21. The monoisotopic (exact) mass is 302 g/mol. The molecule has 1 aliphatic rings. The number of carbonyl (C=O) groups excluding carboxylic acids is 1. The van der Waals surface area contributed by atoms with E-state index in [4.69, 9.17) is 5.11 Å². The van der Waals surface area contributed by atoms with Gasteiger partial charge < -0.3 is 15.7 Å². The van der Waals surface area contributed by atoms with Crippen molar-refractivity contribution in [3.05, 3.63) is 0 Å². The molecule has 1 rings (SSSR count). The summed E-state index contributed by atoms with van der Waals surface area (Å²) in [6.07, 6.45) is 4.71. The minimum Gasteiger partial charge on any atom is -0.481 e. The molecule has 1 fully saturated rings. The van der Waals surface area contributed by atoms with Gasteiger partial charge in [-0.1, -0.05) is 26.7 Å². The average Bonchev–Trinajstić information content (AvgIpc) is 2.82. The van der Waals surface area contributed by atoms with Crippen LogP contribution in [0.25, 0.3) is 0 Å². The summed E-state index contributed by atoms with van der Waals surface area (Å²) in [5, 5.41) is 15.2. The molecule has 1 aliphatic carbocycles. The Balaban J connectivity index is 2.33. The molecule has 3 atom stereocenters. The Bertz CT molecular complexity index is 326. The molecule has 0 bridgehead atoms. The normalized spacial score (nSPS) is 23.3. The number of carboxylic acid groups (broad SMARTS) is 1. The van der Waals surface area contributed by atoms with Crippen LogP contribution in [0.15, 0.2) is 0 Å². The van der Waals surface area contributed by atoms with Gasteiger partial charge in [-0.2, -0.15) is 11.8 Å². The second kappa shape index (κ2) is 9.10. The Morgan fingerprint density at radius 3 is 2.70 bits per heavy atom. The molecule has 0 aliphatic heterocycles. The Kier molecular flexibility index (Phi) is 7.80. The van der Waals surface area contributed by atoms with Gasteiger partial charge in [0.1, 0.15) is 0 Å². The van der Waals surface area contributed by atoms with Gasteiger partial charge in [-0.15, -0.1) is 0 Å². The topological polar surface area (TPSA) is 78.4 Å². The highest BCUT2D eigenvalue weighted by Crippen LogP contribution is 2.29. The van der Waals surface area contributed by atoms with Gasteiger partial charge in [-0.05, 0) is 25.0 Å². The number of carbonyl (C=O) groups is 2. The SMILES string of the molecule is CCCC(CNC(=O)NC1CCCC1SCC)C(=O)O. The Morgan fingerprint density at radius 1 is 1.35 bits per heavy atom. The highest BCUT2D eigenvalue weighted by molar-refractivity contribution is 7.99. The van der Waals surface area contributed by atoms with Gasteiger partial charge in [-0.25, -0.2) is 4.79 Å². The van der Waals surface area contributed by atoms with Crippen molar-refractivity contribution >= 4 is 23.8 Å². The summed E-state index contributed by atoms with van der Waals surface area (Å²) in [5.41, 5.74) is 0. The van der Waals surface area contributed by atoms with Crippen LogP contribution >= 0.6 is 11.8 Å². The Hall–Kier alpha value is -0.910. The van der Waals surface area contributed by atoms with E-state index < -0.39 is 11.9 Å². The van der Waals surface area contributed by atoms with Crippen LogP contribution in [0, 0.1) is 5.92 Å². The second-order valence-corrected chi connectivity index (χ2v) is 6.73. The molecule has 0 aromatic rings. The molecular weight excluding hydrogens is 276 g/mol. The zero-order valence-electron chi connectivity index (χ0n) is 12.4. The van der Waals surface area contributed by atoms with Gasteiger partial charge in [-0.3, -0.25) is 4.79 Å². The van der Waals surface area contributed by atoms with Gasteiger partial charge >= 0.3 is 12.0 Å². The molecule has 0 saturated heterocycles. The third-order valence-electron chi connectivity index (χ3n) is 3.65. The van der Waals surface area contributed by atoms with Crippen LogP contribution in [0.1, 0.15) is 46.0 Å². The molecular formula is C14H26N2O3S. The van der Waals surface area contributed by atoms with Crippen molar-refractivity contribution in [1.82, 2.24) is 10.6 Å². The first-order valence-electron chi connectivity index (χ1n) is 7.47. The molecule has 6 heteroatoms. The van der Waals surface area contributed by atoms with Crippen LogP contribution in [0.3, 0.4) is 0 Å². The maximum Gasteiger partial charge on any atom is 0.315 e. The smallest absolute Gasteiger partial charge is 0.315 e. The molecule has 116 valence electrons. The van der Waals surface area contributed by atoms with Crippen molar-refractivity contribution in [1.29, 1.82) is 0 Å². The number of urea groups is 1. The predicted molar refractivity (Wildman–Crippen MR) is 82.1 cm³/mol. The molecule has 5 nitrogen and oxygen atoms in total. The van der Waals surface area contributed by atoms with Gasteiger partial charge in [0.25, 0.3) is 0 Å². The van der Waals surface area contributed by atoms with Crippen LogP contribution < -0.4 is 10.6 Å². The van der Waals surface area contributed by atoms with E-state index in [9.17, 15) is 9.59 Å². The fourth-order valence-electron chi connectivity index (χ4n) is 2.60. The van der Waals surface area contributed by atoms with E-state index in [2.05, 4.69) is 17.6 Å².